The molecule has 0 bridgehead atoms. The number of primary sulfonamides is 1. The average Bonchev–Trinajstić information content (AvgIpc) is 3.20. The predicted octanol–water partition coefficient (Wildman–Crippen LogP) is 0.893. The Morgan fingerprint density at radius 1 is 1.13 bits per heavy atom. The second-order valence-electron chi connectivity index (χ2n) is 6.00. The van der Waals surface area contributed by atoms with Crippen LogP contribution in [0.1, 0.15) is 12.3 Å². The number of aryl methyl sites for hydroxylation is 1. The number of hydrogen-bond acceptors (Lipinski definition) is 9. The van der Waals surface area contributed by atoms with Crippen molar-refractivity contribution in [3.05, 3.63) is 54.6 Å². The Bertz CT molecular complexity index is 1130. The first-order chi connectivity index (χ1) is 14.3. The summed E-state index contributed by atoms with van der Waals surface area (Å²) in [6.45, 7) is -0.501. The standard InChI is InChI=1S/C18H17N5O6S/c19-30(26,27)13-6-4-12(5-7-13)21-15(24)11-28-17(25)9-8-16-22-18(23-29-16)14-3-1-2-10-20-14/h1-7,10H,8-9,11H2,(H,21,24)(H2,19,26,27). The molecule has 0 aliphatic rings. The molecule has 3 N–H and O–H groups in total. The van der Waals surface area contributed by atoms with E-state index < -0.39 is 28.5 Å². The van der Waals surface area contributed by atoms with Gasteiger partial charge in [-0.25, -0.2) is 13.6 Å². The number of hydrogen-bond donors (Lipinski definition) is 2. The van der Waals surface area contributed by atoms with Crippen molar-refractivity contribution in [2.45, 2.75) is 17.7 Å². The van der Waals surface area contributed by atoms with E-state index in [1.165, 1.54) is 24.3 Å². The van der Waals surface area contributed by atoms with E-state index in [0.717, 1.165) is 0 Å². The molecule has 1 aromatic carbocycles. The van der Waals surface area contributed by atoms with Gasteiger partial charge in [-0.05, 0) is 36.4 Å². The Balaban J connectivity index is 1.42. The largest absolute Gasteiger partial charge is 0.456 e. The van der Waals surface area contributed by atoms with Gasteiger partial charge < -0.3 is 14.6 Å². The van der Waals surface area contributed by atoms with Crippen LogP contribution in [0, 0.1) is 0 Å². The predicted molar refractivity (Wildman–Crippen MR) is 103 cm³/mol. The number of carbonyl (C=O) groups excluding carboxylic acids is 2. The summed E-state index contributed by atoms with van der Waals surface area (Å²) in [7, 11) is -3.82. The molecule has 0 saturated carbocycles. The lowest BCUT2D eigenvalue weighted by molar-refractivity contribution is -0.147. The van der Waals surface area contributed by atoms with E-state index in [9.17, 15) is 18.0 Å². The summed E-state index contributed by atoms with van der Waals surface area (Å²) < 4.78 is 32.4. The quantitative estimate of drug-likeness (QED) is 0.492. The highest BCUT2D eigenvalue weighted by molar-refractivity contribution is 7.89. The van der Waals surface area contributed by atoms with Crippen molar-refractivity contribution in [3.63, 3.8) is 0 Å². The topological polar surface area (TPSA) is 167 Å². The van der Waals surface area contributed by atoms with Gasteiger partial charge in [-0.15, -0.1) is 0 Å². The SMILES string of the molecule is NS(=O)(=O)c1ccc(NC(=O)COC(=O)CCc2nc(-c3ccccn3)no2)cc1. The summed E-state index contributed by atoms with van der Waals surface area (Å²) in [5.74, 6) is -0.645. The number of amides is 1. The normalized spacial score (nSPS) is 11.1. The van der Waals surface area contributed by atoms with Crippen molar-refractivity contribution in [1.82, 2.24) is 15.1 Å². The molecule has 3 aromatic rings. The lowest BCUT2D eigenvalue weighted by atomic mass is 10.3. The third-order valence-electron chi connectivity index (χ3n) is 3.74. The molecule has 1 amide bonds. The fourth-order valence-corrected chi connectivity index (χ4v) is 2.82. The van der Waals surface area contributed by atoms with E-state index in [2.05, 4.69) is 20.4 Å². The van der Waals surface area contributed by atoms with Crippen LogP contribution in [0.3, 0.4) is 0 Å². The second-order valence-corrected chi connectivity index (χ2v) is 7.57. The summed E-state index contributed by atoms with van der Waals surface area (Å²) >= 11 is 0. The number of nitrogens with zero attached hydrogens (tertiary/aromatic N) is 3. The Labute approximate surface area is 171 Å². The van der Waals surface area contributed by atoms with Crippen LogP contribution in [0.2, 0.25) is 0 Å². The first-order valence-electron chi connectivity index (χ1n) is 8.63. The molecule has 0 fully saturated rings. The molecule has 3 rings (SSSR count). The number of aromatic nitrogens is 3. The smallest absolute Gasteiger partial charge is 0.306 e. The Hall–Kier alpha value is -3.64. The van der Waals surface area contributed by atoms with Gasteiger partial charge in [0.2, 0.25) is 21.7 Å². The number of esters is 1. The summed E-state index contributed by atoms with van der Waals surface area (Å²) in [6.07, 6.45) is 1.69. The van der Waals surface area contributed by atoms with Gasteiger partial charge in [-0.1, -0.05) is 11.2 Å². The number of anilines is 1. The number of rotatable bonds is 8. The minimum atomic E-state index is -3.82. The molecule has 0 aliphatic carbocycles. The lowest BCUT2D eigenvalue weighted by Gasteiger charge is -2.07. The highest BCUT2D eigenvalue weighted by Gasteiger charge is 2.13. The van der Waals surface area contributed by atoms with Gasteiger partial charge in [0.1, 0.15) is 5.69 Å². The van der Waals surface area contributed by atoms with Crippen molar-refractivity contribution in [1.29, 1.82) is 0 Å². The van der Waals surface area contributed by atoms with E-state index in [1.807, 2.05) is 0 Å². The third-order valence-corrected chi connectivity index (χ3v) is 4.67. The van der Waals surface area contributed by atoms with Crippen molar-refractivity contribution in [2.24, 2.45) is 5.14 Å². The zero-order chi connectivity index (χ0) is 21.6. The van der Waals surface area contributed by atoms with Crippen LogP contribution in [0.15, 0.2) is 58.1 Å². The number of benzene rings is 1. The number of nitrogens with two attached hydrogens (primary N) is 1. The minimum Gasteiger partial charge on any atom is -0.456 e. The maximum atomic E-state index is 11.9. The molecular formula is C18H17N5O6S. The molecule has 156 valence electrons. The lowest BCUT2D eigenvalue weighted by Crippen LogP contribution is -2.21. The summed E-state index contributed by atoms with van der Waals surface area (Å²) in [6, 6.07) is 10.5. The maximum Gasteiger partial charge on any atom is 0.306 e. The molecule has 0 radical (unpaired) electrons. The zero-order valence-electron chi connectivity index (χ0n) is 15.5. The van der Waals surface area contributed by atoms with Crippen molar-refractivity contribution >= 4 is 27.6 Å². The molecule has 30 heavy (non-hydrogen) atoms. The highest BCUT2D eigenvalue weighted by atomic mass is 32.2. The van der Waals surface area contributed by atoms with Crippen molar-refractivity contribution < 1.29 is 27.3 Å². The van der Waals surface area contributed by atoms with Gasteiger partial charge in [0.25, 0.3) is 5.91 Å². The van der Waals surface area contributed by atoms with Crippen LogP contribution < -0.4 is 10.5 Å². The first kappa shape index (κ1) is 21.1. The van der Waals surface area contributed by atoms with Gasteiger partial charge in [0.05, 0.1) is 11.3 Å². The molecular weight excluding hydrogens is 414 g/mol. The number of nitrogens with one attached hydrogen (secondary N) is 1. The summed E-state index contributed by atoms with van der Waals surface area (Å²) in [4.78, 5) is 31.8. The van der Waals surface area contributed by atoms with Crippen LogP contribution >= 0.6 is 0 Å². The van der Waals surface area contributed by atoms with Crippen LogP contribution in [0.5, 0.6) is 0 Å². The maximum absolute atomic E-state index is 11.9. The van der Waals surface area contributed by atoms with Crippen LogP contribution in [0.4, 0.5) is 5.69 Å². The Morgan fingerprint density at radius 2 is 1.90 bits per heavy atom. The molecule has 11 nitrogen and oxygen atoms in total. The molecule has 0 saturated heterocycles. The second kappa shape index (κ2) is 9.24. The van der Waals surface area contributed by atoms with Gasteiger partial charge in [-0.2, -0.15) is 4.98 Å². The number of carbonyl (C=O) groups is 2. The summed E-state index contributed by atoms with van der Waals surface area (Å²) in [5.41, 5.74) is 0.875. The number of ether oxygens (including phenoxy) is 1. The molecule has 0 atom stereocenters. The van der Waals surface area contributed by atoms with Crippen LogP contribution in [0.25, 0.3) is 11.5 Å². The van der Waals surface area contributed by atoms with Gasteiger partial charge in [0.15, 0.2) is 6.61 Å². The van der Waals surface area contributed by atoms with Gasteiger partial charge in [0, 0.05) is 18.3 Å². The van der Waals surface area contributed by atoms with E-state index in [1.54, 1.807) is 24.4 Å². The molecule has 0 aliphatic heterocycles. The fourth-order valence-electron chi connectivity index (χ4n) is 2.31. The van der Waals surface area contributed by atoms with Gasteiger partial charge >= 0.3 is 5.97 Å². The van der Waals surface area contributed by atoms with E-state index in [4.69, 9.17) is 14.4 Å². The molecule has 0 spiro atoms. The molecule has 0 unspecified atom stereocenters. The van der Waals surface area contributed by atoms with Crippen molar-refractivity contribution in [2.75, 3.05) is 11.9 Å². The summed E-state index contributed by atoms with van der Waals surface area (Å²) in [5, 5.41) is 11.3. The van der Waals surface area contributed by atoms with Gasteiger partial charge in [-0.3, -0.25) is 14.6 Å². The van der Waals surface area contributed by atoms with E-state index in [0.29, 0.717) is 17.2 Å². The number of sulfonamides is 1. The number of pyridine rings is 1. The van der Waals surface area contributed by atoms with Crippen molar-refractivity contribution in [3.8, 4) is 11.5 Å². The Kier molecular flexibility index (Phi) is 6.49. The monoisotopic (exact) mass is 431 g/mol. The fraction of sp³-hybridized carbons (Fsp3) is 0.167. The average molecular weight is 431 g/mol. The third kappa shape index (κ3) is 5.93. The van der Waals surface area contributed by atoms with E-state index in [-0.39, 0.29) is 23.6 Å². The molecule has 12 heteroatoms. The molecule has 2 heterocycles. The minimum absolute atomic E-state index is 0.0554. The van der Waals surface area contributed by atoms with Crippen LogP contribution in [-0.4, -0.2) is 42.0 Å². The first-order valence-corrected chi connectivity index (χ1v) is 10.2. The van der Waals surface area contributed by atoms with E-state index >= 15 is 0 Å². The zero-order valence-corrected chi connectivity index (χ0v) is 16.3. The highest BCUT2D eigenvalue weighted by Crippen LogP contribution is 2.14. The van der Waals surface area contributed by atoms with Crippen LogP contribution in [-0.2, 0) is 30.8 Å². The molecule has 2 aromatic heterocycles. The Morgan fingerprint density at radius 3 is 2.57 bits per heavy atom.